The van der Waals surface area contributed by atoms with Gasteiger partial charge in [0.2, 0.25) is 0 Å². The first kappa shape index (κ1) is 18.0. The van der Waals surface area contributed by atoms with Crippen LogP contribution in [0.15, 0.2) is 47.7 Å². The lowest BCUT2D eigenvalue weighted by molar-refractivity contribution is 0.195. The summed E-state index contributed by atoms with van der Waals surface area (Å²) in [5.41, 5.74) is 2.45. The molecule has 0 aliphatic rings. The lowest BCUT2D eigenvalue weighted by atomic mass is 10.1. The van der Waals surface area contributed by atoms with Gasteiger partial charge in [0.1, 0.15) is 0 Å². The number of nitrogens with one attached hydrogen (secondary N) is 2. The van der Waals surface area contributed by atoms with Crippen molar-refractivity contribution in [1.29, 1.82) is 0 Å². The summed E-state index contributed by atoms with van der Waals surface area (Å²) in [5.74, 6) is 0.836. The first-order chi connectivity index (χ1) is 11.8. The highest BCUT2D eigenvalue weighted by atomic mass is 16.5. The second-order valence-corrected chi connectivity index (χ2v) is 5.44. The Bertz CT molecular complexity index is 610. The van der Waals surface area contributed by atoms with E-state index >= 15 is 0 Å². The summed E-state index contributed by atoms with van der Waals surface area (Å²) in [6, 6.07) is 10.3. The van der Waals surface area contributed by atoms with Crippen LogP contribution in [0.5, 0.6) is 0 Å². The first-order valence-corrected chi connectivity index (χ1v) is 8.38. The van der Waals surface area contributed by atoms with Crippen LogP contribution in [0.3, 0.4) is 0 Å². The highest BCUT2D eigenvalue weighted by Gasteiger charge is 2.03. The van der Waals surface area contributed by atoms with Gasteiger partial charge < -0.3 is 15.4 Å². The SMILES string of the molecule is CCNC(=NCc1ccccc1Cn1cccn1)NCCCOC. The van der Waals surface area contributed by atoms with Crippen molar-refractivity contribution >= 4 is 5.96 Å². The number of methoxy groups -OCH3 is 1. The van der Waals surface area contributed by atoms with Crippen molar-refractivity contribution in [3.8, 4) is 0 Å². The summed E-state index contributed by atoms with van der Waals surface area (Å²) in [6.07, 6.45) is 4.73. The topological polar surface area (TPSA) is 63.5 Å². The fourth-order valence-electron chi connectivity index (χ4n) is 2.36. The molecule has 2 rings (SSSR count). The van der Waals surface area contributed by atoms with Gasteiger partial charge in [-0.1, -0.05) is 24.3 Å². The van der Waals surface area contributed by atoms with E-state index < -0.39 is 0 Å². The Labute approximate surface area is 143 Å². The van der Waals surface area contributed by atoms with Crippen molar-refractivity contribution in [2.45, 2.75) is 26.4 Å². The third-order valence-corrected chi connectivity index (χ3v) is 3.58. The van der Waals surface area contributed by atoms with E-state index in [-0.39, 0.29) is 0 Å². The third kappa shape index (κ3) is 6.04. The minimum absolute atomic E-state index is 0.636. The number of aliphatic imine (C=N–C) groups is 1. The molecule has 1 heterocycles. The van der Waals surface area contributed by atoms with Crippen LogP contribution >= 0.6 is 0 Å². The number of hydrogen-bond donors (Lipinski definition) is 2. The molecular formula is C18H27N5O. The minimum Gasteiger partial charge on any atom is -0.385 e. The fraction of sp³-hybridized carbons (Fsp3) is 0.444. The van der Waals surface area contributed by atoms with E-state index in [0.29, 0.717) is 6.54 Å². The normalized spacial score (nSPS) is 11.5. The Morgan fingerprint density at radius 3 is 2.75 bits per heavy atom. The zero-order chi connectivity index (χ0) is 17.0. The second kappa shape index (κ2) is 10.4. The van der Waals surface area contributed by atoms with E-state index in [4.69, 9.17) is 9.73 Å². The van der Waals surface area contributed by atoms with Crippen molar-refractivity contribution in [3.63, 3.8) is 0 Å². The molecule has 2 aromatic rings. The molecule has 0 saturated heterocycles. The average molecular weight is 329 g/mol. The van der Waals surface area contributed by atoms with Crippen LogP contribution in [-0.2, 0) is 17.8 Å². The number of ether oxygens (including phenoxy) is 1. The molecule has 0 atom stereocenters. The van der Waals surface area contributed by atoms with Gasteiger partial charge in [-0.05, 0) is 30.5 Å². The number of hydrogen-bond acceptors (Lipinski definition) is 3. The molecule has 0 radical (unpaired) electrons. The van der Waals surface area contributed by atoms with Crippen molar-refractivity contribution < 1.29 is 4.74 Å². The molecule has 24 heavy (non-hydrogen) atoms. The van der Waals surface area contributed by atoms with Crippen molar-refractivity contribution in [2.75, 3.05) is 26.8 Å². The fourth-order valence-corrected chi connectivity index (χ4v) is 2.36. The highest BCUT2D eigenvalue weighted by Crippen LogP contribution is 2.11. The number of guanidine groups is 1. The van der Waals surface area contributed by atoms with Gasteiger partial charge in [0.15, 0.2) is 5.96 Å². The molecule has 1 aromatic heterocycles. The van der Waals surface area contributed by atoms with Crippen molar-refractivity contribution in [2.24, 2.45) is 4.99 Å². The maximum atomic E-state index is 5.07. The van der Waals surface area contributed by atoms with Gasteiger partial charge in [0, 0.05) is 39.2 Å². The van der Waals surface area contributed by atoms with E-state index in [1.54, 1.807) is 13.3 Å². The molecule has 1 aromatic carbocycles. The first-order valence-electron chi connectivity index (χ1n) is 8.38. The Hall–Kier alpha value is -2.34. The van der Waals surface area contributed by atoms with Crippen LogP contribution < -0.4 is 10.6 Å². The van der Waals surface area contributed by atoms with Crippen LogP contribution in [0.1, 0.15) is 24.5 Å². The quantitative estimate of drug-likeness (QED) is 0.420. The molecule has 0 saturated carbocycles. The molecule has 0 aliphatic carbocycles. The zero-order valence-electron chi connectivity index (χ0n) is 14.5. The van der Waals surface area contributed by atoms with Gasteiger partial charge in [-0.25, -0.2) is 4.99 Å². The van der Waals surface area contributed by atoms with Crippen LogP contribution in [0.25, 0.3) is 0 Å². The van der Waals surface area contributed by atoms with Crippen LogP contribution in [0.4, 0.5) is 0 Å². The number of benzene rings is 1. The maximum Gasteiger partial charge on any atom is 0.191 e. The van der Waals surface area contributed by atoms with Crippen LogP contribution in [0.2, 0.25) is 0 Å². The molecule has 0 fully saturated rings. The standard InChI is InChI=1S/C18H27N5O/c1-3-19-18(20-10-7-13-24-2)21-14-16-8-4-5-9-17(16)15-23-12-6-11-22-23/h4-6,8-9,11-12H,3,7,10,13-15H2,1-2H3,(H2,19,20,21). The largest absolute Gasteiger partial charge is 0.385 e. The van der Waals surface area contributed by atoms with Gasteiger partial charge in [-0.2, -0.15) is 5.10 Å². The number of rotatable bonds is 9. The van der Waals surface area contributed by atoms with E-state index in [1.807, 2.05) is 16.9 Å². The van der Waals surface area contributed by atoms with Crippen LogP contribution in [0, 0.1) is 0 Å². The van der Waals surface area contributed by atoms with Crippen LogP contribution in [-0.4, -0.2) is 42.5 Å². The van der Waals surface area contributed by atoms with Gasteiger partial charge in [0.05, 0.1) is 13.1 Å². The van der Waals surface area contributed by atoms with E-state index in [0.717, 1.165) is 38.6 Å². The smallest absolute Gasteiger partial charge is 0.191 e. The highest BCUT2D eigenvalue weighted by molar-refractivity contribution is 5.79. The van der Waals surface area contributed by atoms with Gasteiger partial charge in [-0.3, -0.25) is 4.68 Å². The van der Waals surface area contributed by atoms with E-state index in [2.05, 4.69) is 46.9 Å². The second-order valence-electron chi connectivity index (χ2n) is 5.44. The Kier molecular flexibility index (Phi) is 7.83. The van der Waals surface area contributed by atoms with E-state index in [9.17, 15) is 0 Å². The Balaban J connectivity index is 1.99. The molecule has 6 heteroatoms. The summed E-state index contributed by atoms with van der Waals surface area (Å²) in [5, 5.41) is 10.9. The molecule has 0 bridgehead atoms. The predicted molar refractivity (Wildman–Crippen MR) is 97.1 cm³/mol. The summed E-state index contributed by atoms with van der Waals surface area (Å²) < 4.78 is 7.00. The lowest BCUT2D eigenvalue weighted by Gasteiger charge is -2.12. The zero-order valence-corrected chi connectivity index (χ0v) is 14.5. The molecule has 0 spiro atoms. The Morgan fingerprint density at radius 1 is 1.21 bits per heavy atom. The molecule has 130 valence electrons. The van der Waals surface area contributed by atoms with Gasteiger partial charge in [0.25, 0.3) is 0 Å². The minimum atomic E-state index is 0.636. The summed E-state index contributed by atoms with van der Waals surface area (Å²) in [6.45, 7) is 5.89. The average Bonchev–Trinajstić information content (AvgIpc) is 3.10. The van der Waals surface area contributed by atoms with Gasteiger partial charge in [-0.15, -0.1) is 0 Å². The number of aromatic nitrogens is 2. The van der Waals surface area contributed by atoms with Crippen molar-refractivity contribution in [1.82, 2.24) is 20.4 Å². The third-order valence-electron chi connectivity index (χ3n) is 3.58. The van der Waals surface area contributed by atoms with E-state index in [1.165, 1.54) is 11.1 Å². The molecule has 2 N–H and O–H groups in total. The summed E-state index contributed by atoms with van der Waals surface area (Å²) in [4.78, 5) is 4.70. The van der Waals surface area contributed by atoms with Gasteiger partial charge >= 0.3 is 0 Å². The summed E-state index contributed by atoms with van der Waals surface area (Å²) in [7, 11) is 1.72. The molecule has 0 amide bonds. The molecule has 0 unspecified atom stereocenters. The molecular weight excluding hydrogens is 302 g/mol. The molecule has 6 nitrogen and oxygen atoms in total. The maximum absolute atomic E-state index is 5.07. The molecule has 0 aliphatic heterocycles. The number of nitrogens with zero attached hydrogens (tertiary/aromatic N) is 3. The Morgan fingerprint density at radius 2 is 2.04 bits per heavy atom. The van der Waals surface area contributed by atoms with Crippen molar-refractivity contribution in [3.05, 3.63) is 53.9 Å². The predicted octanol–water partition coefficient (Wildman–Crippen LogP) is 2.02. The monoisotopic (exact) mass is 329 g/mol. The summed E-state index contributed by atoms with van der Waals surface area (Å²) >= 11 is 0. The lowest BCUT2D eigenvalue weighted by Crippen LogP contribution is -2.38.